The van der Waals surface area contributed by atoms with Crippen LogP contribution in [0, 0.1) is 0 Å². The lowest BCUT2D eigenvalue weighted by Crippen LogP contribution is -2.52. The number of amides is 3. The van der Waals surface area contributed by atoms with Gasteiger partial charge in [0.15, 0.2) is 0 Å². The van der Waals surface area contributed by atoms with Crippen LogP contribution in [-0.2, 0) is 43.0 Å². The van der Waals surface area contributed by atoms with Crippen LogP contribution in [0.5, 0.6) is 0 Å². The van der Waals surface area contributed by atoms with Crippen molar-refractivity contribution in [2.45, 2.75) is 141 Å². The molecule has 0 aromatic heterocycles. The van der Waals surface area contributed by atoms with E-state index in [1.54, 1.807) is 41.5 Å². The van der Waals surface area contributed by atoms with Crippen molar-refractivity contribution in [1.82, 2.24) is 10.6 Å². The van der Waals surface area contributed by atoms with E-state index in [9.17, 15) is 33.6 Å². The quantitative estimate of drug-likeness (QED) is 0.0998. The van der Waals surface area contributed by atoms with Gasteiger partial charge in [0.05, 0.1) is 0 Å². The highest BCUT2D eigenvalue weighted by Gasteiger charge is 2.36. The van der Waals surface area contributed by atoms with Crippen molar-refractivity contribution in [3.63, 3.8) is 0 Å². The number of aldehydes is 2. The molecule has 244 valence electrons. The molecule has 0 saturated heterocycles. The van der Waals surface area contributed by atoms with Gasteiger partial charge in [0.2, 0.25) is 17.7 Å². The van der Waals surface area contributed by atoms with Gasteiger partial charge in [0.25, 0.3) is 0 Å². The molecule has 1 atom stereocenters. The van der Waals surface area contributed by atoms with Gasteiger partial charge in [-0.15, -0.1) is 0 Å². The van der Waals surface area contributed by atoms with E-state index in [1.165, 1.54) is 0 Å². The molecule has 0 aromatic rings. The van der Waals surface area contributed by atoms with Crippen LogP contribution < -0.4 is 16.4 Å². The molecule has 12 nitrogen and oxygen atoms in total. The molecule has 0 fully saturated rings. The molecule has 0 saturated carbocycles. The fourth-order valence-electron chi connectivity index (χ4n) is 4.65. The third kappa shape index (κ3) is 18.6. The average molecular weight is 610 g/mol. The SMILES string of the molecule is C=CC(=O)NC(CCC=O)(CCC(N)=O)CCC(=O)NC(CCC=O)(CCC(=O)OC(C)(C)C)CCC(=O)OC(C)(C)C. The standard InChI is InChI=1S/C31H51N3O9/c1-8-24(38)33-30(15-9-21-35,17-11-23(32)37)18-12-25(39)34-31(16-10-22-36,19-13-26(40)42-28(2,3)4)20-14-27(41)43-29(5,6)7/h8,21-22H,1,9-20H2,2-7H3,(H2,32,37)(H,33,38)(H,34,39). The number of nitrogens with two attached hydrogens (primary N) is 1. The molecule has 0 spiro atoms. The van der Waals surface area contributed by atoms with Gasteiger partial charge in [0, 0.05) is 49.6 Å². The third-order valence-electron chi connectivity index (χ3n) is 6.60. The lowest BCUT2D eigenvalue weighted by molar-refractivity contribution is -0.155. The van der Waals surface area contributed by atoms with Crippen LogP contribution in [0.1, 0.15) is 119 Å². The van der Waals surface area contributed by atoms with E-state index >= 15 is 0 Å². The molecule has 43 heavy (non-hydrogen) atoms. The third-order valence-corrected chi connectivity index (χ3v) is 6.60. The summed E-state index contributed by atoms with van der Waals surface area (Å²) in [7, 11) is 0. The highest BCUT2D eigenvalue weighted by atomic mass is 16.6. The molecule has 0 aliphatic rings. The van der Waals surface area contributed by atoms with Crippen LogP contribution in [-0.4, -0.2) is 64.5 Å². The van der Waals surface area contributed by atoms with Crippen molar-refractivity contribution in [3.8, 4) is 0 Å². The molecule has 0 aromatic carbocycles. The van der Waals surface area contributed by atoms with Gasteiger partial charge in [-0.1, -0.05) is 6.58 Å². The Morgan fingerprint density at radius 2 is 1.05 bits per heavy atom. The number of carbonyl (C=O) groups excluding carboxylic acids is 7. The van der Waals surface area contributed by atoms with Gasteiger partial charge in [-0.05, 0) is 86.1 Å². The molecule has 4 N–H and O–H groups in total. The zero-order chi connectivity index (χ0) is 33.3. The van der Waals surface area contributed by atoms with Crippen LogP contribution in [0.2, 0.25) is 0 Å². The minimum Gasteiger partial charge on any atom is -0.460 e. The molecular weight excluding hydrogens is 558 g/mol. The smallest absolute Gasteiger partial charge is 0.306 e. The Bertz CT molecular complexity index is 963. The molecule has 0 heterocycles. The van der Waals surface area contributed by atoms with E-state index in [0.717, 1.165) is 6.08 Å². The Hall–Kier alpha value is -3.57. The predicted octanol–water partition coefficient (Wildman–Crippen LogP) is 3.13. The number of ether oxygens (including phenoxy) is 2. The Morgan fingerprint density at radius 1 is 0.651 bits per heavy atom. The monoisotopic (exact) mass is 609 g/mol. The zero-order valence-corrected chi connectivity index (χ0v) is 26.7. The van der Waals surface area contributed by atoms with Crippen molar-refractivity contribution in [3.05, 3.63) is 12.7 Å². The maximum absolute atomic E-state index is 13.5. The van der Waals surface area contributed by atoms with E-state index in [2.05, 4.69) is 17.2 Å². The fraction of sp³-hybridized carbons (Fsp3) is 0.710. The van der Waals surface area contributed by atoms with Gasteiger partial charge in [0.1, 0.15) is 23.8 Å². The van der Waals surface area contributed by atoms with Crippen molar-refractivity contribution in [1.29, 1.82) is 0 Å². The number of hydrogen-bond donors (Lipinski definition) is 3. The minimum absolute atomic E-state index is 0.0557. The molecule has 3 amide bonds. The number of hydrogen-bond acceptors (Lipinski definition) is 9. The summed E-state index contributed by atoms with van der Waals surface area (Å²) in [6.07, 6.45) is 2.79. The maximum atomic E-state index is 13.5. The van der Waals surface area contributed by atoms with Crippen LogP contribution in [0.3, 0.4) is 0 Å². The number of primary amides is 1. The first-order valence-electron chi connectivity index (χ1n) is 14.6. The van der Waals surface area contributed by atoms with Crippen LogP contribution in [0.4, 0.5) is 0 Å². The summed E-state index contributed by atoms with van der Waals surface area (Å²) in [5, 5.41) is 5.73. The molecule has 0 aliphatic heterocycles. The largest absolute Gasteiger partial charge is 0.460 e. The van der Waals surface area contributed by atoms with Crippen LogP contribution >= 0.6 is 0 Å². The minimum atomic E-state index is -1.13. The first-order valence-corrected chi connectivity index (χ1v) is 14.6. The van der Waals surface area contributed by atoms with Gasteiger partial charge in [-0.25, -0.2) is 0 Å². The summed E-state index contributed by atoms with van der Waals surface area (Å²) in [6.45, 7) is 13.8. The Morgan fingerprint density at radius 3 is 1.42 bits per heavy atom. The fourth-order valence-corrected chi connectivity index (χ4v) is 4.65. The summed E-state index contributed by atoms with van der Waals surface area (Å²) in [6, 6.07) is 0. The summed E-state index contributed by atoms with van der Waals surface area (Å²) >= 11 is 0. The van der Waals surface area contributed by atoms with Gasteiger partial charge < -0.3 is 35.4 Å². The number of carbonyl (C=O) groups is 7. The van der Waals surface area contributed by atoms with Crippen LogP contribution in [0.15, 0.2) is 12.7 Å². The van der Waals surface area contributed by atoms with Crippen LogP contribution in [0.25, 0.3) is 0 Å². The van der Waals surface area contributed by atoms with Crippen molar-refractivity contribution in [2.75, 3.05) is 0 Å². The molecule has 0 rings (SSSR count). The van der Waals surface area contributed by atoms with Crippen molar-refractivity contribution in [2.24, 2.45) is 5.73 Å². The van der Waals surface area contributed by atoms with Crippen molar-refractivity contribution < 1.29 is 43.0 Å². The van der Waals surface area contributed by atoms with E-state index in [-0.39, 0.29) is 77.0 Å². The number of nitrogens with one attached hydrogen (secondary N) is 2. The summed E-state index contributed by atoms with van der Waals surface area (Å²) in [4.78, 5) is 85.1. The van der Waals surface area contributed by atoms with E-state index < -0.39 is 51.9 Å². The summed E-state index contributed by atoms with van der Waals surface area (Å²) in [5.41, 5.74) is 1.66. The first kappa shape index (κ1) is 39.4. The van der Waals surface area contributed by atoms with Gasteiger partial charge >= 0.3 is 11.9 Å². The molecule has 1 unspecified atom stereocenters. The first-order chi connectivity index (χ1) is 19.8. The van der Waals surface area contributed by atoms with Gasteiger partial charge in [-0.3, -0.25) is 24.0 Å². The molecule has 0 aliphatic carbocycles. The van der Waals surface area contributed by atoms with Crippen molar-refractivity contribution >= 4 is 42.2 Å². The predicted molar refractivity (Wildman–Crippen MR) is 160 cm³/mol. The molecule has 12 heteroatoms. The number of rotatable bonds is 21. The second-order valence-electron chi connectivity index (χ2n) is 12.9. The second kappa shape index (κ2) is 18.2. The highest BCUT2D eigenvalue weighted by Crippen LogP contribution is 2.29. The Labute approximate surface area is 255 Å². The topological polar surface area (TPSA) is 188 Å². The van der Waals surface area contributed by atoms with Gasteiger partial charge in [-0.2, -0.15) is 0 Å². The molecule has 0 radical (unpaired) electrons. The highest BCUT2D eigenvalue weighted by molar-refractivity contribution is 5.87. The average Bonchev–Trinajstić information content (AvgIpc) is 2.88. The summed E-state index contributed by atoms with van der Waals surface area (Å²) in [5.74, 6) is -2.61. The summed E-state index contributed by atoms with van der Waals surface area (Å²) < 4.78 is 10.9. The lowest BCUT2D eigenvalue weighted by atomic mass is 9.81. The second-order valence-corrected chi connectivity index (χ2v) is 12.9. The molecular formula is C31H51N3O9. The lowest BCUT2D eigenvalue weighted by Gasteiger charge is -2.37. The number of esters is 2. The zero-order valence-electron chi connectivity index (χ0n) is 26.7. The Kier molecular flexibility index (Phi) is 16.7. The van der Waals surface area contributed by atoms with E-state index in [1.807, 2.05) is 0 Å². The molecule has 0 bridgehead atoms. The van der Waals surface area contributed by atoms with E-state index in [4.69, 9.17) is 15.2 Å². The Balaban J connectivity index is 6.17. The van der Waals surface area contributed by atoms with E-state index in [0.29, 0.717) is 12.6 Å². The normalized spacial score (nSPS) is 13.2. The maximum Gasteiger partial charge on any atom is 0.306 e.